The summed E-state index contributed by atoms with van der Waals surface area (Å²) in [6.45, 7) is 10.2. The third-order valence-electron chi connectivity index (χ3n) is 5.09. The molecule has 3 rings (SSSR count). The molecule has 0 spiro atoms. The highest BCUT2D eigenvalue weighted by molar-refractivity contribution is 7.99. The molecule has 6 heteroatoms. The zero-order valence-electron chi connectivity index (χ0n) is 17.1. The number of amides is 1. The van der Waals surface area contributed by atoms with E-state index >= 15 is 0 Å². The first kappa shape index (κ1) is 20.8. The Morgan fingerprint density at radius 3 is 2.36 bits per heavy atom. The average molecular weight is 399 g/mol. The van der Waals surface area contributed by atoms with Gasteiger partial charge < -0.3 is 5.32 Å². The van der Waals surface area contributed by atoms with Gasteiger partial charge in [0, 0.05) is 24.5 Å². The Balaban J connectivity index is 1.41. The zero-order chi connectivity index (χ0) is 19.9. The molecule has 150 valence electrons. The third kappa shape index (κ3) is 6.60. The van der Waals surface area contributed by atoms with Crippen molar-refractivity contribution in [3.05, 3.63) is 52.8 Å². The molecular weight excluding hydrogens is 368 g/mol. The number of hydrogen-bond acceptors (Lipinski definition) is 5. The molecule has 1 saturated heterocycles. The summed E-state index contributed by atoms with van der Waals surface area (Å²) >= 11 is 1.37. The van der Waals surface area contributed by atoms with Crippen molar-refractivity contribution in [3.63, 3.8) is 0 Å². The second-order valence-corrected chi connectivity index (χ2v) is 8.72. The Labute approximate surface area is 172 Å². The van der Waals surface area contributed by atoms with Gasteiger partial charge in [0.2, 0.25) is 5.91 Å². The molecule has 1 N–H and O–H groups in total. The number of piperidine rings is 1. The number of aromatic nitrogens is 2. The van der Waals surface area contributed by atoms with Gasteiger partial charge in [-0.25, -0.2) is 9.97 Å². The zero-order valence-corrected chi connectivity index (χ0v) is 17.9. The first-order valence-corrected chi connectivity index (χ1v) is 11.0. The van der Waals surface area contributed by atoms with Crippen LogP contribution in [-0.4, -0.2) is 39.6 Å². The lowest BCUT2D eigenvalue weighted by atomic mass is 9.99. The first-order valence-electron chi connectivity index (χ1n) is 10.00. The van der Waals surface area contributed by atoms with E-state index < -0.39 is 0 Å². The number of rotatable bonds is 7. The van der Waals surface area contributed by atoms with Crippen molar-refractivity contribution in [2.45, 2.75) is 51.9 Å². The number of likely N-dealkylation sites (tertiary alicyclic amines) is 1. The number of benzene rings is 1. The van der Waals surface area contributed by atoms with E-state index in [-0.39, 0.29) is 5.91 Å². The second-order valence-electron chi connectivity index (χ2n) is 7.77. The highest BCUT2D eigenvalue weighted by atomic mass is 32.2. The fourth-order valence-corrected chi connectivity index (χ4v) is 4.16. The van der Waals surface area contributed by atoms with Crippen LogP contribution in [0.15, 0.2) is 35.5 Å². The molecule has 1 fully saturated rings. The van der Waals surface area contributed by atoms with Crippen LogP contribution in [0.2, 0.25) is 0 Å². The average Bonchev–Trinajstić information content (AvgIpc) is 2.67. The van der Waals surface area contributed by atoms with Crippen molar-refractivity contribution < 1.29 is 4.79 Å². The van der Waals surface area contributed by atoms with Gasteiger partial charge in [-0.2, -0.15) is 0 Å². The molecule has 0 saturated carbocycles. The van der Waals surface area contributed by atoms with Crippen molar-refractivity contribution in [2.75, 3.05) is 18.8 Å². The standard InChI is InChI=1S/C22H30N4OS/c1-16-8-10-26(11-9-16)14-20-6-4-19(5-7-20)13-23-21(27)15-28-22-24-17(2)12-18(3)25-22/h4-7,12,16H,8-11,13-15H2,1-3H3,(H,23,27). The van der Waals surface area contributed by atoms with Crippen LogP contribution in [0, 0.1) is 19.8 Å². The molecule has 1 aliphatic heterocycles. The molecule has 1 aromatic heterocycles. The van der Waals surface area contributed by atoms with Crippen molar-refractivity contribution in [3.8, 4) is 0 Å². The monoisotopic (exact) mass is 398 g/mol. The van der Waals surface area contributed by atoms with Crippen LogP contribution in [0.25, 0.3) is 0 Å². The van der Waals surface area contributed by atoms with Crippen LogP contribution >= 0.6 is 11.8 Å². The van der Waals surface area contributed by atoms with E-state index in [1.165, 1.54) is 43.3 Å². The molecule has 0 bridgehead atoms. The molecule has 1 aliphatic rings. The maximum absolute atomic E-state index is 12.1. The van der Waals surface area contributed by atoms with Crippen LogP contribution in [0.1, 0.15) is 42.3 Å². The molecule has 0 radical (unpaired) electrons. The number of hydrogen-bond donors (Lipinski definition) is 1. The maximum atomic E-state index is 12.1. The molecule has 0 atom stereocenters. The molecule has 5 nitrogen and oxygen atoms in total. The van der Waals surface area contributed by atoms with Gasteiger partial charge in [0.15, 0.2) is 5.16 Å². The summed E-state index contributed by atoms with van der Waals surface area (Å²) in [5, 5.41) is 3.63. The Morgan fingerprint density at radius 1 is 1.11 bits per heavy atom. The van der Waals surface area contributed by atoms with E-state index in [1.54, 1.807) is 0 Å². The summed E-state index contributed by atoms with van der Waals surface area (Å²) in [7, 11) is 0. The lowest BCUT2D eigenvalue weighted by molar-refractivity contribution is -0.118. The highest BCUT2D eigenvalue weighted by Crippen LogP contribution is 2.18. The quantitative estimate of drug-likeness (QED) is 0.569. The summed E-state index contributed by atoms with van der Waals surface area (Å²) in [4.78, 5) is 23.4. The van der Waals surface area contributed by atoms with Crippen molar-refractivity contribution in [1.82, 2.24) is 20.2 Å². The molecule has 1 aromatic carbocycles. The molecule has 0 aliphatic carbocycles. The SMILES string of the molecule is Cc1cc(C)nc(SCC(=O)NCc2ccc(CN3CCC(C)CC3)cc2)n1. The normalized spacial score (nSPS) is 15.5. The van der Waals surface area contributed by atoms with Gasteiger partial charge in [0.25, 0.3) is 0 Å². The summed E-state index contributed by atoms with van der Waals surface area (Å²) in [5.41, 5.74) is 4.31. The Kier molecular flexibility index (Phi) is 7.45. The Hall–Kier alpha value is -1.92. The number of nitrogens with zero attached hydrogens (tertiary/aromatic N) is 3. The lowest BCUT2D eigenvalue weighted by Crippen LogP contribution is -2.32. The van der Waals surface area contributed by atoms with Gasteiger partial charge in [-0.05, 0) is 62.9 Å². The van der Waals surface area contributed by atoms with E-state index in [0.717, 1.165) is 29.4 Å². The smallest absolute Gasteiger partial charge is 0.230 e. The minimum Gasteiger partial charge on any atom is -0.351 e. The number of carbonyl (C=O) groups excluding carboxylic acids is 1. The highest BCUT2D eigenvalue weighted by Gasteiger charge is 2.15. The van der Waals surface area contributed by atoms with Crippen LogP contribution in [0.3, 0.4) is 0 Å². The molecule has 2 aromatic rings. The fourth-order valence-electron chi connectivity index (χ4n) is 3.38. The molecule has 2 heterocycles. The molecular formula is C22H30N4OS. The minimum atomic E-state index is -0.000674. The fraction of sp³-hybridized carbons (Fsp3) is 0.500. The van der Waals surface area contributed by atoms with Gasteiger partial charge in [-0.15, -0.1) is 0 Å². The third-order valence-corrected chi connectivity index (χ3v) is 5.94. The Bertz CT molecular complexity index is 765. The molecule has 1 amide bonds. The van der Waals surface area contributed by atoms with Crippen molar-refractivity contribution in [2.24, 2.45) is 5.92 Å². The van der Waals surface area contributed by atoms with Gasteiger partial charge in [-0.1, -0.05) is 43.0 Å². The summed E-state index contributed by atoms with van der Waals surface area (Å²) in [6.07, 6.45) is 2.60. The van der Waals surface area contributed by atoms with Crippen LogP contribution in [-0.2, 0) is 17.9 Å². The van der Waals surface area contributed by atoms with Gasteiger partial charge in [-0.3, -0.25) is 9.69 Å². The summed E-state index contributed by atoms with van der Waals surface area (Å²) in [5.74, 6) is 1.19. The largest absolute Gasteiger partial charge is 0.351 e. The van der Waals surface area contributed by atoms with E-state index in [9.17, 15) is 4.79 Å². The van der Waals surface area contributed by atoms with Crippen molar-refractivity contribution >= 4 is 17.7 Å². The number of carbonyl (C=O) groups is 1. The van der Waals surface area contributed by atoms with E-state index in [0.29, 0.717) is 17.5 Å². The first-order chi connectivity index (χ1) is 13.5. The summed E-state index contributed by atoms with van der Waals surface area (Å²) < 4.78 is 0. The van der Waals surface area contributed by atoms with Gasteiger partial charge in [0.1, 0.15) is 0 Å². The lowest BCUT2D eigenvalue weighted by Gasteiger charge is -2.30. The topological polar surface area (TPSA) is 58.1 Å². The van der Waals surface area contributed by atoms with Crippen LogP contribution < -0.4 is 5.32 Å². The van der Waals surface area contributed by atoms with Gasteiger partial charge in [0.05, 0.1) is 5.75 Å². The number of thioether (sulfide) groups is 1. The number of nitrogens with one attached hydrogen (secondary N) is 1. The predicted octanol–water partition coefficient (Wildman–Crippen LogP) is 3.73. The van der Waals surface area contributed by atoms with Crippen LogP contribution in [0.5, 0.6) is 0 Å². The summed E-state index contributed by atoms with van der Waals surface area (Å²) in [6, 6.07) is 10.5. The molecule has 0 unspecified atom stereocenters. The maximum Gasteiger partial charge on any atom is 0.230 e. The minimum absolute atomic E-state index is 0.000674. The van der Waals surface area contributed by atoms with E-state index in [2.05, 4.69) is 51.4 Å². The second kappa shape index (κ2) is 10.0. The van der Waals surface area contributed by atoms with E-state index in [4.69, 9.17) is 0 Å². The van der Waals surface area contributed by atoms with Gasteiger partial charge >= 0.3 is 0 Å². The van der Waals surface area contributed by atoms with E-state index in [1.807, 2.05) is 19.9 Å². The van der Waals surface area contributed by atoms with Crippen molar-refractivity contribution in [1.29, 1.82) is 0 Å². The predicted molar refractivity (Wildman–Crippen MR) is 114 cm³/mol. The Morgan fingerprint density at radius 2 is 1.71 bits per heavy atom. The van der Waals surface area contributed by atoms with Crippen LogP contribution in [0.4, 0.5) is 0 Å². The number of aryl methyl sites for hydroxylation is 2. The molecule has 28 heavy (non-hydrogen) atoms.